The summed E-state index contributed by atoms with van der Waals surface area (Å²) in [6, 6.07) is 9.59. The molecule has 1 heterocycles. The van der Waals surface area contributed by atoms with Crippen molar-refractivity contribution < 1.29 is 34.1 Å². The van der Waals surface area contributed by atoms with Crippen LogP contribution in [-0.4, -0.2) is 34.1 Å². The van der Waals surface area contributed by atoms with E-state index in [1.807, 2.05) is 0 Å². The number of rotatable bonds is 3. The molecule has 0 fully saturated rings. The van der Waals surface area contributed by atoms with E-state index >= 15 is 0 Å². The molecule has 140 valence electrons. The third kappa shape index (κ3) is 5.73. The number of aromatic carboxylic acids is 1. The third-order valence-corrected chi connectivity index (χ3v) is 4.45. The molecule has 0 saturated heterocycles. The molecule has 2 aromatic rings. The van der Waals surface area contributed by atoms with Crippen molar-refractivity contribution in [3.05, 3.63) is 67.6 Å². The highest BCUT2D eigenvalue weighted by atomic mass is 79.9. The van der Waals surface area contributed by atoms with Gasteiger partial charge in [-0.2, -0.15) is 0 Å². The van der Waals surface area contributed by atoms with Gasteiger partial charge in [0.2, 0.25) is 0 Å². The van der Waals surface area contributed by atoms with Crippen molar-refractivity contribution in [2.45, 2.75) is 12.8 Å². The van der Waals surface area contributed by atoms with Crippen LogP contribution in [0.5, 0.6) is 0 Å². The van der Waals surface area contributed by atoms with Crippen LogP contribution in [0.1, 0.15) is 31.8 Å². The number of carboxylic acid groups (broad SMARTS) is 2. The zero-order valence-corrected chi connectivity index (χ0v) is 16.7. The minimum Gasteiger partial charge on any atom is -0.481 e. The van der Waals surface area contributed by atoms with E-state index in [2.05, 4.69) is 36.6 Å². The molecule has 0 aliphatic carbocycles. The van der Waals surface area contributed by atoms with Crippen molar-refractivity contribution in [1.29, 1.82) is 0 Å². The molecule has 27 heavy (non-hydrogen) atoms. The number of cyclic esters (lactones) is 2. The molecule has 0 amide bonds. The van der Waals surface area contributed by atoms with E-state index in [1.165, 1.54) is 12.1 Å². The molecule has 0 aromatic heterocycles. The molecule has 0 atom stereocenters. The first-order chi connectivity index (χ1) is 12.7. The Labute approximate surface area is 170 Å². The fourth-order valence-electron chi connectivity index (χ4n) is 2.34. The molecule has 0 saturated carbocycles. The molecule has 2 N–H and O–H groups in total. The molecule has 0 spiro atoms. The number of hydrogen-bond donors (Lipinski definition) is 2. The van der Waals surface area contributed by atoms with Crippen molar-refractivity contribution in [1.82, 2.24) is 0 Å². The second-order valence-electron chi connectivity index (χ2n) is 5.42. The highest BCUT2D eigenvalue weighted by Crippen LogP contribution is 2.21. The Morgan fingerprint density at radius 2 is 1.63 bits per heavy atom. The highest BCUT2D eigenvalue weighted by molar-refractivity contribution is 9.10. The van der Waals surface area contributed by atoms with Crippen molar-refractivity contribution >= 4 is 55.7 Å². The van der Waals surface area contributed by atoms with E-state index in [0.717, 1.165) is 10.0 Å². The summed E-state index contributed by atoms with van der Waals surface area (Å²) >= 11 is 6.42. The van der Waals surface area contributed by atoms with E-state index < -0.39 is 23.9 Å². The maximum atomic E-state index is 11.1. The van der Waals surface area contributed by atoms with E-state index in [9.17, 15) is 19.2 Å². The Bertz CT molecular complexity index is 937. The van der Waals surface area contributed by atoms with Crippen LogP contribution in [0.3, 0.4) is 0 Å². The van der Waals surface area contributed by atoms with Gasteiger partial charge in [-0.05, 0) is 47.5 Å². The summed E-state index contributed by atoms with van der Waals surface area (Å²) in [7, 11) is 0. The van der Waals surface area contributed by atoms with Gasteiger partial charge in [0, 0.05) is 8.95 Å². The summed E-state index contributed by atoms with van der Waals surface area (Å²) < 4.78 is 5.98. The van der Waals surface area contributed by atoms with Gasteiger partial charge in [-0.25, -0.2) is 9.59 Å². The monoisotopic (exact) mass is 498 g/mol. The summed E-state index contributed by atoms with van der Waals surface area (Å²) in [5.74, 6) is -3.21. The fourth-order valence-corrected chi connectivity index (χ4v) is 3.15. The second-order valence-corrected chi connectivity index (χ2v) is 7.25. The summed E-state index contributed by atoms with van der Waals surface area (Å²) in [4.78, 5) is 43.2. The van der Waals surface area contributed by atoms with Crippen molar-refractivity contribution in [2.75, 3.05) is 0 Å². The zero-order chi connectivity index (χ0) is 20.1. The highest BCUT2D eigenvalue weighted by Gasteiger charge is 2.24. The number of ether oxygens (including phenoxy) is 1. The van der Waals surface area contributed by atoms with Crippen molar-refractivity contribution in [2.24, 2.45) is 0 Å². The Balaban J connectivity index is 0.000000194. The van der Waals surface area contributed by atoms with E-state index in [-0.39, 0.29) is 18.4 Å². The number of carboxylic acids is 2. The van der Waals surface area contributed by atoms with Gasteiger partial charge in [0.15, 0.2) is 0 Å². The largest absolute Gasteiger partial charge is 0.481 e. The van der Waals surface area contributed by atoms with E-state index in [4.69, 9.17) is 10.2 Å². The lowest BCUT2D eigenvalue weighted by atomic mass is 10.0. The first-order valence-corrected chi connectivity index (χ1v) is 9.03. The lowest BCUT2D eigenvalue weighted by Gasteiger charge is -2.13. The zero-order valence-electron chi connectivity index (χ0n) is 13.6. The molecule has 3 rings (SSSR count). The Hall–Kier alpha value is -2.52. The maximum Gasteiger partial charge on any atom is 0.346 e. The van der Waals surface area contributed by atoms with Gasteiger partial charge in [-0.1, -0.05) is 31.9 Å². The second kappa shape index (κ2) is 8.92. The fraction of sp³-hybridized carbons (Fsp3) is 0.111. The molecule has 0 bridgehead atoms. The summed E-state index contributed by atoms with van der Waals surface area (Å²) in [5.41, 5.74) is 1.51. The van der Waals surface area contributed by atoms with Crippen molar-refractivity contribution in [3.63, 3.8) is 0 Å². The van der Waals surface area contributed by atoms with Crippen LogP contribution in [0.4, 0.5) is 0 Å². The van der Waals surface area contributed by atoms with Crippen LogP contribution in [-0.2, 0) is 27.2 Å². The topological polar surface area (TPSA) is 118 Å². The summed E-state index contributed by atoms with van der Waals surface area (Å²) in [5, 5.41) is 17.3. The van der Waals surface area contributed by atoms with Crippen LogP contribution in [0.25, 0.3) is 0 Å². The van der Waals surface area contributed by atoms with Gasteiger partial charge >= 0.3 is 23.9 Å². The van der Waals surface area contributed by atoms with Crippen LogP contribution < -0.4 is 0 Å². The Kier molecular flexibility index (Phi) is 6.86. The average Bonchev–Trinajstić information content (AvgIpc) is 2.53. The van der Waals surface area contributed by atoms with Crippen LogP contribution in [0.15, 0.2) is 45.3 Å². The lowest BCUT2D eigenvalue weighted by molar-refractivity contribution is -0.138. The maximum absolute atomic E-state index is 11.1. The number of benzene rings is 2. The molecule has 0 unspecified atom stereocenters. The number of esters is 2. The molecular formula is C18H12Br2O7. The smallest absolute Gasteiger partial charge is 0.346 e. The quantitative estimate of drug-likeness (QED) is 0.490. The third-order valence-electron chi connectivity index (χ3n) is 3.47. The molecule has 7 nitrogen and oxygen atoms in total. The minimum atomic E-state index is -1.12. The number of halogens is 2. The van der Waals surface area contributed by atoms with Crippen LogP contribution in [0.2, 0.25) is 0 Å². The first-order valence-electron chi connectivity index (χ1n) is 7.44. The Morgan fingerprint density at radius 3 is 2.26 bits per heavy atom. The van der Waals surface area contributed by atoms with Gasteiger partial charge in [0.1, 0.15) is 0 Å². The molecular weight excluding hydrogens is 488 g/mol. The van der Waals surface area contributed by atoms with Crippen molar-refractivity contribution in [3.8, 4) is 0 Å². The minimum absolute atomic E-state index is 0.0237. The predicted molar refractivity (Wildman–Crippen MR) is 101 cm³/mol. The number of carbonyl (C=O) groups excluding carboxylic acids is 2. The lowest BCUT2D eigenvalue weighted by Crippen LogP contribution is -2.22. The first kappa shape index (κ1) is 20.8. The van der Waals surface area contributed by atoms with Gasteiger partial charge < -0.3 is 14.9 Å². The molecule has 9 heteroatoms. The normalized spacial score (nSPS) is 12.4. The predicted octanol–water partition coefficient (Wildman–Crippen LogP) is 3.46. The molecule has 1 aliphatic heterocycles. The average molecular weight is 500 g/mol. The molecule has 1 aliphatic rings. The summed E-state index contributed by atoms with van der Waals surface area (Å²) in [6.07, 6.45) is -0.123. The van der Waals surface area contributed by atoms with Gasteiger partial charge in [0.05, 0.1) is 24.0 Å². The van der Waals surface area contributed by atoms with E-state index in [1.54, 1.807) is 24.3 Å². The number of aliphatic carboxylic acids is 1. The number of hydrogen-bond acceptors (Lipinski definition) is 5. The number of fused-ring (bicyclic) bond motifs is 1. The SMILES string of the molecule is O=C(O)Cc1cc(Br)ccc1C(=O)O.O=C1Cc2cc(Br)ccc2C(=O)O1. The number of carbonyl (C=O) groups is 4. The standard InChI is InChI=1S/C9H7BrO4.C9H5BrO3/c10-6-1-2-7(9(13)14)5(3-6)4-8(11)12;10-6-1-2-7-5(3-6)4-8(11)13-9(7)12/h1-3H,4H2,(H,11,12)(H,13,14);1-3H,4H2. The molecule has 0 radical (unpaired) electrons. The van der Waals surface area contributed by atoms with Crippen LogP contribution >= 0.6 is 31.9 Å². The Morgan fingerprint density at radius 1 is 1.00 bits per heavy atom. The van der Waals surface area contributed by atoms with Gasteiger partial charge in [-0.15, -0.1) is 0 Å². The summed E-state index contributed by atoms with van der Waals surface area (Å²) in [6.45, 7) is 0. The van der Waals surface area contributed by atoms with E-state index in [0.29, 0.717) is 15.6 Å². The van der Waals surface area contributed by atoms with Gasteiger partial charge in [0.25, 0.3) is 0 Å². The van der Waals surface area contributed by atoms with Crippen LogP contribution in [0, 0.1) is 0 Å². The van der Waals surface area contributed by atoms with Gasteiger partial charge in [-0.3, -0.25) is 9.59 Å². The molecule has 2 aromatic carbocycles.